The zero-order valence-corrected chi connectivity index (χ0v) is 16.2. The van der Waals surface area contributed by atoms with Crippen LogP contribution in [0.4, 0.5) is 11.6 Å². The van der Waals surface area contributed by atoms with Crippen LogP contribution in [0.2, 0.25) is 0 Å². The van der Waals surface area contributed by atoms with Gasteiger partial charge in [-0.15, -0.1) is 0 Å². The number of anilines is 2. The molecule has 0 aromatic carbocycles. The lowest BCUT2D eigenvalue weighted by Crippen LogP contribution is -2.33. The van der Waals surface area contributed by atoms with Gasteiger partial charge in [0.25, 0.3) is 0 Å². The Bertz CT molecular complexity index is 495. The maximum Gasteiger partial charge on any atom is 0.131 e. The molecule has 0 saturated heterocycles. The molecule has 2 aromatic rings. The van der Waals surface area contributed by atoms with Crippen molar-refractivity contribution in [1.82, 2.24) is 24.7 Å². The van der Waals surface area contributed by atoms with E-state index >= 15 is 0 Å². The number of nitrogens with one attached hydrogen (secondary N) is 1. The summed E-state index contributed by atoms with van der Waals surface area (Å²) in [6.07, 6.45) is 3.48. The summed E-state index contributed by atoms with van der Waals surface area (Å²) in [5.41, 5.74) is 0. The Kier molecular flexibility index (Phi) is 10.4. The fourth-order valence-corrected chi connectivity index (χ4v) is 1.86. The van der Waals surface area contributed by atoms with E-state index in [2.05, 4.69) is 65.2 Å². The largest absolute Gasteiger partial charge is 0.325 e. The number of likely N-dealkylation sites (N-methyl/N-ethyl adjacent to an activating group) is 3. The summed E-state index contributed by atoms with van der Waals surface area (Å²) in [6.45, 7) is 4.59. The molecule has 0 atom stereocenters. The van der Waals surface area contributed by atoms with Crippen molar-refractivity contribution in [3.63, 3.8) is 0 Å². The first-order valence-corrected chi connectivity index (χ1v) is 8.54. The highest BCUT2D eigenvalue weighted by Gasteiger charge is 1.99. The Morgan fingerprint density at radius 1 is 0.680 bits per heavy atom. The molecule has 1 N–H and O–H groups in total. The maximum absolute atomic E-state index is 4.12. The predicted octanol–water partition coefficient (Wildman–Crippen LogP) is 2.26. The Balaban J connectivity index is 0.000000252. The molecule has 0 aliphatic carbocycles. The van der Waals surface area contributed by atoms with Gasteiger partial charge >= 0.3 is 0 Å². The second-order valence-corrected chi connectivity index (χ2v) is 6.46. The van der Waals surface area contributed by atoms with Crippen molar-refractivity contribution in [3.8, 4) is 0 Å². The summed E-state index contributed by atoms with van der Waals surface area (Å²) in [5.74, 6) is 1.61. The van der Waals surface area contributed by atoms with Crippen molar-refractivity contribution in [2.75, 3.05) is 66.7 Å². The molecule has 0 saturated carbocycles. The van der Waals surface area contributed by atoms with Crippen LogP contribution in [0.3, 0.4) is 0 Å². The highest BCUT2D eigenvalue weighted by Crippen LogP contribution is 2.08. The van der Waals surface area contributed by atoms with E-state index in [0.29, 0.717) is 0 Å². The molecule has 2 heterocycles. The van der Waals surface area contributed by atoms with Crippen LogP contribution in [0.25, 0.3) is 0 Å². The Hall–Kier alpha value is -2.02. The van der Waals surface area contributed by atoms with Gasteiger partial charge in [-0.3, -0.25) is 0 Å². The summed E-state index contributed by atoms with van der Waals surface area (Å²) in [5, 5.41) is 3.08. The van der Waals surface area contributed by atoms with E-state index in [4.69, 9.17) is 0 Å². The fraction of sp³-hybridized carbons (Fsp3) is 0.474. The second kappa shape index (κ2) is 12.4. The summed E-state index contributed by atoms with van der Waals surface area (Å²) in [4.78, 5) is 15.0. The number of hydrogen-bond donors (Lipinski definition) is 1. The fourth-order valence-electron chi connectivity index (χ4n) is 1.86. The zero-order chi connectivity index (χ0) is 18.5. The van der Waals surface area contributed by atoms with Gasteiger partial charge in [-0.1, -0.05) is 12.1 Å². The lowest BCUT2D eigenvalue weighted by atomic mass is 10.4. The van der Waals surface area contributed by atoms with Crippen LogP contribution in [-0.2, 0) is 0 Å². The smallest absolute Gasteiger partial charge is 0.131 e. The summed E-state index contributed by atoms with van der Waals surface area (Å²) in [7, 11) is 10.6. The molecule has 0 unspecified atom stereocenters. The molecule has 25 heavy (non-hydrogen) atoms. The minimum absolute atomic E-state index is 0.807. The minimum atomic E-state index is 0.807. The van der Waals surface area contributed by atoms with E-state index in [1.165, 1.54) is 0 Å². The van der Waals surface area contributed by atoms with Crippen molar-refractivity contribution in [3.05, 3.63) is 48.8 Å². The van der Waals surface area contributed by atoms with E-state index in [-0.39, 0.29) is 0 Å². The van der Waals surface area contributed by atoms with Crippen molar-refractivity contribution in [2.45, 2.75) is 0 Å². The highest BCUT2D eigenvalue weighted by atomic mass is 15.2. The number of aromatic nitrogens is 2. The quantitative estimate of drug-likeness (QED) is 0.793. The molecule has 0 amide bonds. The van der Waals surface area contributed by atoms with Gasteiger partial charge in [-0.2, -0.15) is 0 Å². The molecule has 0 spiro atoms. The number of nitrogens with zero attached hydrogens (tertiary/aromatic N) is 5. The lowest BCUT2D eigenvalue weighted by molar-refractivity contribution is 0.254. The molecule has 2 aromatic heterocycles. The van der Waals surface area contributed by atoms with E-state index in [9.17, 15) is 0 Å². The molecule has 0 aliphatic heterocycles. The molecular weight excluding hydrogens is 312 g/mol. The molecule has 0 aliphatic rings. The number of hydrogen-bond acceptors (Lipinski definition) is 6. The van der Waals surface area contributed by atoms with Crippen molar-refractivity contribution >= 4 is 11.6 Å². The van der Waals surface area contributed by atoms with Gasteiger partial charge in [-0.05, 0) is 59.5 Å². The Morgan fingerprint density at radius 2 is 1.12 bits per heavy atom. The third kappa shape index (κ3) is 11.2. The van der Waals surface area contributed by atoms with Gasteiger partial charge in [0.15, 0.2) is 0 Å². The van der Waals surface area contributed by atoms with Crippen LogP contribution < -0.4 is 5.32 Å². The SMILES string of the molecule is CN(C)CCN(C)CCN(C)C.c1ccc(Nc2ccccn2)nc1. The molecule has 6 nitrogen and oxygen atoms in total. The summed E-state index contributed by atoms with van der Waals surface area (Å²) < 4.78 is 0. The highest BCUT2D eigenvalue weighted by molar-refractivity contribution is 5.50. The van der Waals surface area contributed by atoms with Crippen LogP contribution in [-0.4, -0.2) is 86.1 Å². The molecule has 0 bridgehead atoms. The second-order valence-electron chi connectivity index (χ2n) is 6.46. The van der Waals surface area contributed by atoms with Gasteiger partial charge in [0.1, 0.15) is 11.6 Å². The van der Waals surface area contributed by atoms with Crippen LogP contribution in [0.1, 0.15) is 0 Å². The van der Waals surface area contributed by atoms with E-state index in [1.54, 1.807) is 12.4 Å². The molecule has 138 valence electrons. The topological polar surface area (TPSA) is 47.5 Å². The first kappa shape index (κ1) is 21.0. The lowest BCUT2D eigenvalue weighted by Gasteiger charge is -2.20. The minimum Gasteiger partial charge on any atom is -0.325 e. The molecule has 0 fully saturated rings. The van der Waals surface area contributed by atoms with Gasteiger partial charge in [0.05, 0.1) is 0 Å². The van der Waals surface area contributed by atoms with Gasteiger partial charge < -0.3 is 20.0 Å². The Labute approximate surface area is 152 Å². The van der Waals surface area contributed by atoms with Crippen LogP contribution in [0, 0.1) is 0 Å². The molecular formula is C19H32N6. The normalized spacial score (nSPS) is 10.7. The standard InChI is InChI=1S/C10H9N3.C9H23N3/c1-3-7-11-9(5-1)13-10-6-2-4-8-12-10;1-10(2)6-8-12(5)9-7-11(3)4/h1-8H,(H,11,12,13);6-9H2,1-5H3. The molecule has 0 radical (unpaired) electrons. The van der Waals surface area contributed by atoms with Crippen LogP contribution >= 0.6 is 0 Å². The van der Waals surface area contributed by atoms with Crippen molar-refractivity contribution in [2.24, 2.45) is 0 Å². The molecule has 2 rings (SSSR count). The zero-order valence-electron chi connectivity index (χ0n) is 16.2. The number of rotatable bonds is 8. The summed E-state index contributed by atoms with van der Waals surface area (Å²) in [6, 6.07) is 11.4. The number of pyridine rings is 2. The third-order valence-electron chi connectivity index (χ3n) is 3.44. The predicted molar refractivity (Wildman–Crippen MR) is 106 cm³/mol. The van der Waals surface area contributed by atoms with Crippen LogP contribution in [0.15, 0.2) is 48.8 Å². The van der Waals surface area contributed by atoms with Gasteiger partial charge in [0.2, 0.25) is 0 Å². The van der Waals surface area contributed by atoms with Crippen LogP contribution in [0.5, 0.6) is 0 Å². The molecule has 6 heteroatoms. The third-order valence-corrected chi connectivity index (χ3v) is 3.44. The van der Waals surface area contributed by atoms with E-state index in [1.807, 2.05) is 36.4 Å². The van der Waals surface area contributed by atoms with Crippen molar-refractivity contribution < 1.29 is 0 Å². The van der Waals surface area contributed by atoms with Gasteiger partial charge in [0, 0.05) is 38.6 Å². The average Bonchev–Trinajstić information content (AvgIpc) is 2.60. The summed E-state index contributed by atoms with van der Waals surface area (Å²) >= 11 is 0. The maximum atomic E-state index is 4.12. The monoisotopic (exact) mass is 344 g/mol. The average molecular weight is 345 g/mol. The van der Waals surface area contributed by atoms with Gasteiger partial charge in [-0.25, -0.2) is 9.97 Å². The van der Waals surface area contributed by atoms with Crippen molar-refractivity contribution in [1.29, 1.82) is 0 Å². The first-order chi connectivity index (χ1) is 12.0. The van der Waals surface area contributed by atoms with E-state index < -0.39 is 0 Å². The van der Waals surface area contributed by atoms with E-state index in [0.717, 1.165) is 37.8 Å². The first-order valence-electron chi connectivity index (χ1n) is 8.54. The Morgan fingerprint density at radius 3 is 1.44 bits per heavy atom.